The number of hydrogen-bond acceptors (Lipinski definition) is 5. The van der Waals surface area contributed by atoms with Gasteiger partial charge in [-0.3, -0.25) is 14.7 Å². The molecule has 21 heavy (non-hydrogen) atoms. The molecule has 2 fully saturated rings. The molecule has 1 aromatic heterocycles. The summed E-state index contributed by atoms with van der Waals surface area (Å²) in [4.78, 5) is 27.5. The summed E-state index contributed by atoms with van der Waals surface area (Å²) in [6.45, 7) is 7.74. The number of piperazine rings is 1. The Morgan fingerprint density at radius 1 is 1.38 bits per heavy atom. The Kier molecular flexibility index (Phi) is 3.63. The monoisotopic (exact) mass is 287 g/mol. The summed E-state index contributed by atoms with van der Waals surface area (Å²) in [5, 5.41) is 0. The van der Waals surface area contributed by atoms with Gasteiger partial charge in [-0.2, -0.15) is 0 Å². The highest BCUT2D eigenvalue weighted by molar-refractivity contribution is 5.88. The zero-order chi connectivity index (χ0) is 14.9. The molecule has 3 heterocycles. The van der Waals surface area contributed by atoms with Crippen LogP contribution in [-0.2, 0) is 4.79 Å². The fourth-order valence-corrected chi connectivity index (χ4v) is 3.38. The highest BCUT2D eigenvalue weighted by atomic mass is 16.2. The van der Waals surface area contributed by atoms with Crippen LogP contribution in [0.1, 0.15) is 6.42 Å². The third-order valence-electron chi connectivity index (χ3n) is 4.53. The molecule has 2 aliphatic rings. The van der Waals surface area contributed by atoms with E-state index < -0.39 is 5.54 Å². The van der Waals surface area contributed by atoms with Crippen molar-refractivity contribution in [3.63, 3.8) is 0 Å². The molecule has 0 aromatic carbocycles. The Bertz CT molecular complexity index is 534. The van der Waals surface area contributed by atoms with Gasteiger partial charge < -0.3 is 9.80 Å². The van der Waals surface area contributed by atoms with Crippen molar-refractivity contribution in [3.8, 4) is 0 Å². The number of likely N-dealkylation sites (N-methyl/N-ethyl adjacent to an activating group) is 1. The zero-order valence-corrected chi connectivity index (χ0v) is 12.4. The summed E-state index contributed by atoms with van der Waals surface area (Å²) in [6.07, 6.45) is 7.81. The largest absolute Gasteiger partial charge is 0.353 e. The summed E-state index contributed by atoms with van der Waals surface area (Å²) in [5.41, 5.74) is -0.446. The molecule has 1 amide bonds. The van der Waals surface area contributed by atoms with E-state index in [1.54, 1.807) is 18.6 Å². The highest BCUT2D eigenvalue weighted by Crippen LogP contribution is 2.34. The van der Waals surface area contributed by atoms with Crippen LogP contribution in [0, 0.1) is 0 Å². The summed E-state index contributed by atoms with van der Waals surface area (Å²) in [5.74, 6) is 1.05. The van der Waals surface area contributed by atoms with Crippen molar-refractivity contribution >= 4 is 11.7 Å². The lowest BCUT2D eigenvalue weighted by atomic mass is 9.91. The molecule has 112 valence electrons. The Hall–Kier alpha value is -1.95. The molecule has 1 aromatic rings. The van der Waals surface area contributed by atoms with E-state index in [0.717, 1.165) is 38.4 Å². The van der Waals surface area contributed by atoms with E-state index in [0.29, 0.717) is 6.54 Å². The number of rotatable bonds is 3. The SMILES string of the molecule is C=CCN1CCN(C)C(=O)C12CCN(c1cnccn1)C2. The predicted octanol–water partition coefficient (Wildman–Crippen LogP) is 0.385. The van der Waals surface area contributed by atoms with E-state index in [-0.39, 0.29) is 5.91 Å². The predicted molar refractivity (Wildman–Crippen MR) is 81.0 cm³/mol. The molecule has 0 bridgehead atoms. The van der Waals surface area contributed by atoms with E-state index >= 15 is 0 Å². The van der Waals surface area contributed by atoms with Crippen molar-refractivity contribution in [1.82, 2.24) is 19.8 Å². The molecule has 6 nitrogen and oxygen atoms in total. The maximum Gasteiger partial charge on any atom is 0.244 e. The van der Waals surface area contributed by atoms with Gasteiger partial charge in [-0.25, -0.2) is 4.98 Å². The van der Waals surface area contributed by atoms with Crippen LogP contribution in [0.2, 0.25) is 0 Å². The van der Waals surface area contributed by atoms with Gasteiger partial charge in [0.05, 0.1) is 6.20 Å². The lowest BCUT2D eigenvalue weighted by Gasteiger charge is -2.46. The van der Waals surface area contributed by atoms with Crippen LogP contribution in [0.3, 0.4) is 0 Å². The van der Waals surface area contributed by atoms with Crippen LogP contribution in [0.25, 0.3) is 0 Å². The van der Waals surface area contributed by atoms with Crippen molar-refractivity contribution in [3.05, 3.63) is 31.2 Å². The van der Waals surface area contributed by atoms with E-state index in [1.165, 1.54) is 0 Å². The summed E-state index contributed by atoms with van der Waals surface area (Å²) in [7, 11) is 1.89. The van der Waals surface area contributed by atoms with Gasteiger partial charge in [-0.05, 0) is 6.42 Å². The van der Waals surface area contributed by atoms with Crippen molar-refractivity contribution in [2.24, 2.45) is 0 Å². The van der Waals surface area contributed by atoms with E-state index in [2.05, 4.69) is 26.3 Å². The lowest BCUT2D eigenvalue weighted by Crippen LogP contribution is -2.66. The van der Waals surface area contributed by atoms with Crippen LogP contribution < -0.4 is 4.90 Å². The number of nitrogens with zero attached hydrogens (tertiary/aromatic N) is 5. The minimum atomic E-state index is -0.446. The molecule has 2 saturated heterocycles. The third-order valence-corrected chi connectivity index (χ3v) is 4.53. The third kappa shape index (κ3) is 2.29. The number of amides is 1. The standard InChI is InChI=1S/C15H21N5O/c1-3-7-20-10-9-18(2)14(21)15(20)4-8-19(12-15)13-11-16-5-6-17-13/h3,5-6,11H,1,4,7-10,12H2,2H3. The molecule has 6 heteroatoms. The Morgan fingerprint density at radius 3 is 2.95 bits per heavy atom. The Balaban J connectivity index is 1.87. The van der Waals surface area contributed by atoms with Gasteiger partial charge in [0.1, 0.15) is 11.4 Å². The minimum absolute atomic E-state index is 0.210. The molecule has 2 aliphatic heterocycles. The number of hydrogen-bond donors (Lipinski definition) is 0. The summed E-state index contributed by atoms with van der Waals surface area (Å²) in [6, 6.07) is 0. The van der Waals surface area contributed by atoms with Crippen LogP contribution in [0.4, 0.5) is 5.82 Å². The average molecular weight is 287 g/mol. The zero-order valence-electron chi connectivity index (χ0n) is 12.4. The maximum absolute atomic E-state index is 12.8. The Morgan fingerprint density at radius 2 is 2.24 bits per heavy atom. The maximum atomic E-state index is 12.8. The fraction of sp³-hybridized carbons (Fsp3) is 0.533. The van der Waals surface area contributed by atoms with Crippen molar-refractivity contribution in [2.75, 3.05) is 44.7 Å². The second kappa shape index (κ2) is 5.44. The molecule has 0 aliphatic carbocycles. The van der Waals surface area contributed by atoms with Crippen molar-refractivity contribution in [2.45, 2.75) is 12.0 Å². The smallest absolute Gasteiger partial charge is 0.244 e. The van der Waals surface area contributed by atoms with Crippen LogP contribution in [0.5, 0.6) is 0 Å². The van der Waals surface area contributed by atoms with Crippen molar-refractivity contribution < 1.29 is 4.79 Å². The van der Waals surface area contributed by atoms with Gasteiger partial charge in [0.15, 0.2) is 0 Å². The van der Waals surface area contributed by atoms with Crippen LogP contribution >= 0.6 is 0 Å². The topological polar surface area (TPSA) is 52.6 Å². The molecular weight excluding hydrogens is 266 g/mol. The molecule has 1 unspecified atom stereocenters. The molecule has 3 rings (SSSR count). The molecule has 0 N–H and O–H groups in total. The molecule has 0 radical (unpaired) electrons. The normalized spacial score (nSPS) is 26.6. The van der Waals surface area contributed by atoms with Crippen LogP contribution in [-0.4, -0.2) is 71.0 Å². The quantitative estimate of drug-likeness (QED) is 0.753. The molecule has 1 spiro atoms. The highest BCUT2D eigenvalue weighted by Gasteiger charge is 2.52. The van der Waals surface area contributed by atoms with Gasteiger partial charge in [0.25, 0.3) is 0 Å². The van der Waals surface area contributed by atoms with E-state index in [4.69, 9.17) is 0 Å². The number of carbonyl (C=O) groups is 1. The van der Waals surface area contributed by atoms with Gasteiger partial charge >= 0.3 is 0 Å². The second-order valence-electron chi connectivity index (χ2n) is 5.73. The number of carbonyl (C=O) groups excluding carboxylic acids is 1. The van der Waals surface area contributed by atoms with Gasteiger partial charge in [0, 0.05) is 52.2 Å². The molecule has 0 saturated carbocycles. The minimum Gasteiger partial charge on any atom is -0.353 e. The van der Waals surface area contributed by atoms with Gasteiger partial charge in [0.2, 0.25) is 5.91 Å². The van der Waals surface area contributed by atoms with E-state index in [9.17, 15) is 4.79 Å². The average Bonchev–Trinajstić information content (AvgIpc) is 2.96. The van der Waals surface area contributed by atoms with Gasteiger partial charge in [-0.1, -0.05) is 6.08 Å². The molecular formula is C15H21N5O. The van der Waals surface area contributed by atoms with E-state index in [1.807, 2.05) is 18.0 Å². The van der Waals surface area contributed by atoms with Gasteiger partial charge in [-0.15, -0.1) is 6.58 Å². The first kappa shape index (κ1) is 14.0. The lowest BCUT2D eigenvalue weighted by molar-refractivity contribution is -0.147. The first-order chi connectivity index (χ1) is 10.2. The molecule has 1 atom stereocenters. The van der Waals surface area contributed by atoms with Crippen LogP contribution in [0.15, 0.2) is 31.2 Å². The number of anilines is 1. The summed E-state index contributed by atoms with van der Waals surface area (Å²) < 4.78 is 0. The fourth-order valence-electron chi connectivity index (χ4n) is 3.38. The number of aromatic nitrogens is 2. The first-order valence-corrected chi connectivity index (χ1v) is 7.30. The first-order valence-electron chi connectivity index (χ1n) is 7.30. The summed E-state index contributed by atoms with van der Waals surface area (Å²) >= 11 is 0. The van der Waals surface area contributed by atoms with Crippen molar-refractivity contribution in [1.29, 1.82) is 0 Å². The second-order valence-corrected chi connectivity index (χ2v) is 5.73. The Labute approximate surface area is 125 Å².